The number of nitrogens with zero attached hydrogens (tertiary/aromatic N) is 3. The highest BCUT2D eigenvalue weighted by molar-refractivity contribution is 6.02. The molecule has 2 atom stereocenters. The van der Waals surface area contributed by atoms with E-state index in [1.54, 1.807) is 6.07 Å². The van der Waals surface area contributed by atoms with Gasteiger partial charge in [0, 0.05) is 24.5 Å². The maximum atomic E-state index is 12.4. The third kappa shape index (κ3) is 3.84. The average Bonchev–Trinajstić information content (AvgIpc) is 3.25. The van der Waals surface area contributed by atoms with Crippen LogP contribution in [0.1, 0.15) is 67.7 Å². The number of hydrogen-bond acceptors (Lipinski definition) is 4. The van der Waals surface area contributed by atoms with Crippen molar-refractivity contribution >= 4 is 11.7 Å². The fourth-order valence-electron chi connectivity index (χ4n) is 3.14. The standard InChI is InChI=1S/C17H26N6O/c1-3-5-12(2)15-10-16(21-20-15)19-17(24)14-7-9-23(22-14)13-6-4-8-18-11-13/h7,9-10,12-13,18H,3-6,8,11H2,1-2H3,(H2,19,20,21,24). The zero-order chi connectivity index (χ0) is 16.9. The predicted octanol–water partition coefficient (Wildman–Crippen LogP) is 2.69. The number of carbonyl (C=O) groups is 1. The van der Waals surface area contributed by atoms with Gasteiger partial charge in [-0.25, -0.2) is 0 Å². The summed E-state index contributed by atoms with van der Waals surface area (Å²) in [6, 6.07) is 3.99. The molecule has 1 amide bonds. The summed E-state index contributed by atoms with van der Waals surface area (Å²) in [5, 5.41) is 17.8. The highest BCUT2D eigenvalue weighted by atomic mass is 16.2. The second-order valence-corrected chi connectivity index (χ2v) is 6.53. The Morgan fingerprint density at radius 2 is 2.42 bits per heavy atom. The Morgan fingerprint density at radius 1 is 1.54 bits per heavy atom. The van der Waals surface area contributed by atoms with E-state index < -0.39 is 0 Å². The molecule has 7 nitrogen and oxygen atoms in total. The maximum Gasteiger partial charge on any atom is 0.277 e. The van der Waals surface area contributed by atoms with E-state index in [4.69, 9.17) is 0 Å². The fourth-order valence-corrected chi connectivity index (χ4v) is 3.14. The normalized spacial score (nSPS) is 19.2. The van der Waals surface area contributed by atoms with Gasteiger partial charge < -0.3 is 10.6 Å². The lowest BCUT2D eigenvalue weighted by molar-refractivity contribution is 0.102. The van der Waals surface area contributed by atoms with Crippen molar-refractivity contribution in [2.24, 2.45) is 0 Å². The lowest BCUT2D eigenvalue weighted by Gasteiger charge is -2.22. The molecule has 7 heteroatoms. The zero-order valence-electron chi connectivity index (χ0n) is 14.4. The van der Waals surface area contributed by atoms with Crippen LogP contribution in [0.5, 0.6) is 0 Å². The zero-order valence-corrected chi connectivity index (χ0v) is 14.4. The van der Waals surface area contributed by atoms with Crippen LogP contribution in [0.2, 0.25) is 0 Å². The van der Waals surface area contributed by atoms with Crippen molar-refractivity contribution in [2.45, 2.75) is 51.5 Å². The van der Waals surface area contributed by atoms with Crippen LogP contribution in [-0.2, 0) is 0 Å². The number of carbonyl (C=O) groups excluding carboxylic acids is 1. The van der Waals surface area contributed by atoms with E-state index in [2.05, 4.69) is 39.8 Å². The number of aromatic amines is 1. The van der Waals surface area contributed by atoms with Gasteiger partial charge in [0.15, 0.2) is 11.5 Å². The largest absolute Gasteiger partial charge is 0.315 e. The monoisotopic (exact) mass is 330 g/mol. The van der Waals surface area contributed by atoms with E-state index in [0.29, 0.717) is 23.5 Å². The van der Waals surface area contributed by atoms with E-state index in [9.17, 15) is 4.79 Å². The van der Waals surface area contributed by atoms with Gasteiger partial charge >= 0.3 is 0 Å². The summed E-state index contributed by atoms with van der Waals surface area (Å²) in [6.07, 6.45) is 6.32. The van der Waals surface area contributed by atoms with Crippen LogP contribution in [0.3, 0.4) is 0 Å². The molecular weight excluding hydrogens is 304 g/mol. The number of H-pyrrole nitrogens is 1. The number of nitrogens with one attached hydrogen (secondary N) is 3. The average molecular weight is 330 g/mol. The Morgan fingerprint density at radius 3 is 3.17 bits per heavy atom. The Bertz CT molecular complexity index is 670. The smallest absolute Gasteiger partial charge is 0.277 e. The molecule has 3 N–H and O–H groups in total. The van der Waals surface area contributed by atoms with Crippen LogP contribution >= 0.6 is 0 Å². The third-order valence-electron chi connectivity index (χ3n) is 4.58. The molecule has 1 aliphatic rings. The van der Waals surface area contributed by atoms with Gasteiger partial charge in [0.05, 0.1) is 6.04 Å². The Hall–Kier alpha value is -2.15. The van der Waals surface area contributed by atoms with E-state index in [0.717, 1.165) is 44.5 Å². The molecule has 0 spiro atoms. The molecule has 0 aliphatic carbocycles. The highest BCUT2D eigenvalue weighted by Crippen LogP contribution is 2.21. The number of amides is 1. The number of piperidine rings is 1. The summed E-state index contributed by atoms with van der Waals surface area (Å²) in [7, 11) is 0. The molecule has 2 aromatic rings. The summed E-state index contributed by atoms with van der Waals surface area (Å²) in [5.74, 6) is 0.733. The molecule has 0 saturated carbocycles. The molecule has 3 rings (SSSR count). The molecule has 130 valence electrons. The third-order valence-corrected chi connectivity index (χ3v) is 4.58. The predicted molar refractivity (Wildman–Crippen MR) is 93.2 cm³/mol. The summed E-state index contributed by atoms with van der Waals surface area (Å²) >= 11 is 0. The van der Waals surface area contributed by atoms with Gasteiger partial charge in [-0.05, 0) is 37.8 Å². The van der Waals surface area contributed by atoms with Crippen molar-refractivity contribution < 1.29 is 4.79 Å². The maximum absolute atomic E-state index is 12.4. The summed E-state index contributed by atoms with van der Waals surface area (Å²) in [6.45, 7) is 6.28. The minimum absolute atomic E-state index is 0.223. The first kappa shape index (κ1) is 16.7. The molecule has 1 saturated heterocycles. The summed E-state index contributed by atoms with van der Waals surface area (Å²) in [5.41, 5.74) is 1.47. The SMILES string of the molecule is CCCC(C)c1cc(NC(=O)c2ccn(C3CCCNC3)n2)n[nH]1. The van der Waals surface area contributed by atoms with Crippen molar-refractivity contribution in [2.75, 3.05) is 18.4 Å². The van der Waals surface area contributed by atoms with E-state index >= 15 is 0 Å². The van der Waals surface area contributed by atoms with Crippen molar-refractivity contribution in [1.29, 1.82) is 0 Å². The summed E-state index contributed by atoms with van der Waals surface area (Å²) < 4.78 is 1.89. The van der Waals surface area contributed by atoms with Gasteiger partial charge in [-0.2, -0.15) is 10.2 Å². The van der Waals surface area contributed by atoms with E-state index in [1.165, 1.54) is 0 Å². The van der Waals surface area contributed by atoms with Gasteiger partial charge in [0.2, 0.25) is 0 Å². The van der Waals surface area contributed by atoms with Gasteiger partial charge in [0.1, 0.15) is 0 Å². The molecule has 24 heavy (non-hydrogen) atoms. The fraction of sp³-hybridized carbons (Fsp3) is 0.588. The van der Waals surface area contributed by atoms with E-state index in [-0.39, 0.29) is 5.91 Å². The molecular formula is C17H26N6O. The highest BCUT2D eigenvalue weighted by Gasteiger charge is 2.18. The first-order valence-electron chi connectivity index (χ1n) is 8.80. The molecule has 0 aromatic carbocycles. The minimum atomic E-state index is -0.223. The van der Waals surface area contributed by atoms with Crippen molar-refractivity contribution in [1.82, 2.24) is 25.3 Å². The van der Waals surface area contributed by atoms with Gasteiger partial charge in [0.25, 0.3) is 5.91 Å². The van der Waals surface area contributed by atoms with E-state index in [1.807, 2.05) is 16.9 Å². The number of hydrogen-bond donors (Lipinski definition) is 3. The van der Waals surface area contributed by atoms with Crippen LogP contribution in [0, 0.1) is 0 Å². The number of anilines is 1. The van der Waals surface area contributed by atoms with Crippen molar-refractivity contribution in [3.05, 3.63) is 29.7 Å². The Labute approximate surface area is 142 Å². The molecule has 1 fully saturated rings. The van der Waals surface area contributed by atoms with Gasteiger partial charge in [-0.1, -0.05) is 20.3 Å². The van der Waals surface area contributed by atoms with Crippen molar-refractivity contribution in [3.63, 3.8) is 0 Å². The molecule has 0 bridgehead atoms. The quantitative estimate of drug-likeness (QED) is 0.760. The summed E-state index contributed by atoms with van der Waals surface area (Å²) in [4.78, 5) is 12.4. The first-order chi connectivity index (χ1) is 11.7. The molecule has 1 aliphatic heterocycles. The Balaban J connectivity index is 1.62. The molecule has 0 radical (unpaired) electrons. The van der Waals surface area contributed by atoms with Crippen LogP contribution in [0.15, 0.2) is 18.3 Å². The molecule has 2 unspecified atom stereocenters. The van der Waals surface area contributed by atoms with Crippen LogP contribution < -0.4 is 10.6 Å². The first-order valence-corrected chi connectivity index (χ1v) is 8.80. The number of aromatic nitrogens is 4. The topological polar surface area (TPSA) is 87.6 Å². The van der Waals surface area contributed by atoms with Crippen molar-refractivity contribution in [3.8, 4) is 0 Å². The van der Waals surface area contributed by atoms with Crippen LogP contribution in [0.25, 0.3) is 0 Å². The lowest BCUT2D eigenvalue weighted by Crippen LogP contribution is -2.32. The lowest BCUT2D eigenvalue weighted by atomic mass is 10.0. The van der Waals surface area contributed by atoms with Gasteiger partial charge in [-0.15, -0.1) is 0 Å². The van der Waals surface area contributed by atoms with Crippen LogP contribution in [0.4, 0.5) is 5.82 Å². The second-order valence-electron chi connectivity index (χ2n) is 6.53. The minimum Gasteiger partial charge on any atom is -0.315 e. The second kappa shape index (κ2) is 7.61. The van der Waals surface area contributed by atoms with Crippen LogP contribution in [-0.4, -0.2) is 39.0 Å². The number of rotatable bonds is 6. The molecule has 2 aromatic heterocycles. The van der Waals surface area contributed by atoms with Gasteiger partial charge in [-0.3, -0.25) is 14.6 Å². The Kier molecular flexibility index (Phi) is 5.30. The molecule has 3 heterocycles.